The Hall–Kier alpha value is -2.82. The Labute approximate surface area is 146 Å². The van der Waals surface area contributed by atoms with Crippen molar-refractivity contribution in [3.63, 3.8) is 0 Å². The predicted octanol–water partition coefficient (Wildman–Crippen LogP) is 4.74. The molecule has 5 nitrogen and oxygen atoms in total. The van der Waals surface area contributed by atoms with E-state index in [0.29, 0.717) is 11.5 Å². The number of nitro benzene ring substituents is 1. The van der Waals surface area contributed by atoms with Crippen molar-refractivity contribution in [1.29, 1.82) is 0 Å². The standard InChI is InChI=1S/C20H20N2O3/c1-12-18(22(23)24)10-9-17-15-7-4-8-16(15)20(21-19(12)17)13-5-3-6-14(11-13)25-2/h3-7,9-11,15-16,20-21H,8H2,1-2H3. The zero-order valence-corrected chi connectivity index (χ0v) is 14.2. The minimum atomic E-state index is -0.311. The van der Waals surface area contributed by atoms with Crippen molar-refractivity contribution >= 4 is 11.4 Å². The molecule has 0 amide bonds. The lowest BCUT2D eigenvalue weighted by atomic mass is 9.76. The van der Waals surface area contributed by atoms with Gasteiger partial charge in [-0.05, 0) is 48.6 Å². The second-order valence-corrected chi connectivity index (χ2v) is 6.68. The van der Waals surface area contributed by atoms with Crippen LogP contribution in [0.1, 0.15) is 35.1 Å². The van der Waals surface area contributed by atoms with Crippen LogP contribution >= 0.6 is 0 Å². The van der Waals surface area contributed by atoms with Gasteiger partial charge in [-0.25, -0.2) is 0 Å². The number of nitrogens with one attached hydrogen (secondary N) is 1. The number of nitrogens with zero attached hydrogens (tertiary/aromatic N) is 1. The van der Waals surface area contributed by atoms with E-state index in [0.717, 1.165) is 29.0 Å². The van der Waals surface area contributed by atoms with Crippen LogP contribution in [-0.4, -0.2) is 12.0 Å². The highest BCUT2D eigenvalue weighted by Gasteiger charge is 2.39. The second kappa shape index (κ2) is 5.92. The van der Waals surface area contributed by atoms with E-state index >= 15 is 0 Å². The van der Waals surface area contributed by atoms with Crippen LogP contribution in [0.15, 0.2) is 48.6 Å². The summed E-state index contributed by atoms with van der Waals surface area (Å²) in [4.78, 5) is 11.0. The van der Waals surface area contributed by atoms with Gasteiger partial charge in [-0.15, -0.1) is 0 Å². The summed E-state index contributed by atoms with van der Waals surface area (Å²) in [6.07, 6.45) is 5.45. The zero-order valence-electron chi connectivity index (χ0n) is 14.2. The van der Waals surface area contributed by atoms with Gasteiger partial charge < -0.3 is 10.1 Å². The van der Waals surface area contributed by atoms with Gasteiger partial charge >= 0.3 is 0 Å². The molecule has 3 unspecified atom stereocenters. The number of ether oxygens (including phenoxy) is 1. The van der Waals surface area contributed by atoms with E-state index < -0.39 is 0 Å². The number of anilines is 1. The van der Waals surface area contributed by atoms with E-state index in [2.05, 4.69) is 23.5 Å². The first-order valence-corrected chi connectivity index (χ1v) is 8.45. The third-order valence-corrected chi connectivity index (χ3v) is 5.42. The Bertz CT molecular complexity index is 875. The Balaban J connectivity index is 1.83. The number of methoxy groups -OCH3 is 1. The van der Waals surface area contributed by atoms with Crippen molar-refractivity contribution < 1.29 is 9.66 Å². The van der Waals surface area contributed by atoms with Crippen LogP contribution in [0.3, 0.4) is 0 Å². The minimum absolute atomic E-state index is 0.100. The van der Waals surface area contributed by atoms with E-state index in [9.17, 15) is 10.1 Å². The molecule has 1 heterocycles. The fraction of sp³-hybridized carbons (Fsp3) is 0.300. The molecule has 0 saturated carbocycles. The normalized spacial score (nSPS) is 23.5. The quantitative estimate of drug-likeness (QED) is 0.499. The first-order chi connectivity index (χ1) is 12.1. The highest BCUT2D eigenvalue weighted by molar-refractivity contribution is 5.69. The van der Waals surface area contributed by atoms with Crippen LogP contribution < -0.4 is 10.1 Å². The molecule has 4 rings (SSSR count). The molecular weight excluding hydrogens is 316 g/mol. The number of fused-ring (bicyclic) bond motifs is 3. The molecule has 2 aromatic carbocycles. The number of allylic oxidation sites excluding steroid dienone is 2. The Morgan fingerprint density at radius 2 is 2.12 bits per heavy atom. The van der Waals surface area contributed by atoms with E-state index in [-0.39, 0.29) is 22.6 Å². The maximum atomic E-state index is 11.3. The average molecular weight is 336 g/mol. The highest BCUT2D eigenvalue weighted by atomic mass is 16.6. The number of hydrogen-bond acceptors (Lipinski definition) is 4. The van der Waals surface area contributed by atoms with Crippen LogP contribution in [0.2, 0.25) is 0 Å². The van der Waals surface area contributed by atoms with E-state index in [1.807, 2.05) is 31.2 Å². The molecule has 1 N–H and O–H groups in total. The molecule has 1 aliphatic heterocycles. The van der Waals surface area contributed by atoms with Crippen molar-refractivity contribution in [2.24, 2.45) is 5.92 Å². The van der Waals surface area contributed by atoms with Gasteiger partial charge in [0.25, 0.3) is 5.69 Å². The lowest BCUT2D eigenvalue weighted by molar-refractivity contribution is -0.385. The molecule has 0 bridgehead atoms. The van der Waals surface area contributed by atoms with E-state index in [4.69, 9.17) is 4.74 Å². The summed E-state index contributed by atoms with van der Waals surface area (Å²) in [7, 11) is 1.66. The van der Waals surface area contributed by atoms with Gasteiger partial charge in [0, 0.05) is 17.7 Å². The van der Waals surface area contributed by atoms with Crippen LogP contribution in [0.25, 0.3) is 0 Å². The third-order valence-electron chi connectivity index (χ3n) is 5.42. The first kappa shape index (κ1) is 15.7. The van der Waals surface area contributed by atoms with Gasteiger partial charge in [0.2, 0.25) is 0 Å². The molecule has 0 spiro atoms. The summed E-state index contributed by atoms with van der Waals surface area (Å²) in [5.41, 5.74) is 4.07. The fourth-order valence-corrected chi connectivity index (χ4v) is 4.17. The Morgan fingerprint density at radius 1 is 1.28 bits per heavy atom. The van der Waals surface area contributed by atoms with Gasteiger partial charge in [-0.2, -0.15) is 0 Å². The summed E-state index contributed by atoms with van der Waals surface area (Å²) in [5.74, 6) is 1.51. The maximum Gasteiger partial charge on any atom is 0.274 e. The molecule has 0 radical (unpaired) electrons. The van der Waals surface area contributed by atoms with Crippen LogP contribution in [-0.2, 0) is 0 Å². The SMILES string of the molecule is COc1cccc(C2Nc3c(ccc([N+](=O)[O-])c3C)C3C=CCC32)c1. The second-order valence-electron chi connectivity index (χ2n) is 6.68. The lowest BCUT2D eigenvalue weighted by Crippen LogP contribution is -2.29. The summed E-state index contributed by atoms with van der Waals surface area (Å²) < 4.78 is 5.37. The van der Waals surface area contributed by atoms with Crippen molar-refractivity contribution in [2.75, 3.05) is 12.4 Å². The average Bonchev–Trinajstić information content (AvgIpc) is 3.11. The van der Waals surface area contributed by atoms with Crippen molar-refractivity contribution in [3.8, 4) is 5.75 Å². The summed E-state index contributed by atoms with van der Waals surface area (Å²) >= 11 is 0. The van der Waals surface area contributed by atoms with E-state index in [1.165, 1.54) is 0 Å². The monoisotopic (exact) mass is 336 g/mol. The smallest absolute Gasteiger partial charge is 0.274 e. The fourth-order valence-electron chi connectivity index (χ4n) is 4.17. The molecule has 2 aromatic rings. The van der Waals surface area contributed by atoms with E-state index in [1.54, 1.807) is 13.2 Å². The lowest BCUT2D eigenvalue weighted by Gasteiger charge is -2.38. The van der Waals surface area contributed by atoms with Crippen LogP contribution in [0.5, 0.6) is 5.75 Å². The molecule has 128 valence electrons. The summed E-state index contributed by atoms with van der Waals surface area (Å²) in [6, 6.07) is 11.7. The first-order valence-electron chi connectivity index (χ1n) is 8.45. The molecule has 2 aliphatic rings. The van der Waals surface area contributed by atoms with Gasteiger partial charge in [-0.1, -0.05) is 24.3 Å². The largest absolute Gasteiger partial charge is 0.497 e. The zero-order chi connectivity index (χ0) is 17.6. The number of nitro groups is 1. The Morgan fingerprint density at radius 3 is 2.88 bits per heavy atom. The molecule has 5 heteroatoms. The van der Waals surface area contributed by atoms with Crippen molar-refractivity contribution in [3.05, 3.63) is 75.4 Å². The maximum absolute atomic E-state index is 11.3. The Kier molecular flexibility index (Phi) is 3.71. The molecule has 0 aromatic heterocycles. The van der Waals surface area contributed by atoms with Crippen LogP contribution in [0.4, 0.5) is 11.4 Å². The number of rotatable bonds is 3. The number of hydrogen-bond donors (Lipinski definition) is 1. The summed E-state index contributed by atoms with van der Waals surface area (Å²) in [6.45, 7) is 1.82. The number of benzene rings is 2. The molecule has 25 heavy (non-hydrogen) atoms. The molecule has 1 aliphatic carbocycles. The molecule has 0 fully saturated rings. The van der Waals surface area contributed by atoms with Gasteiger partial charge in [0.1, 0.15) is 5.75 Å². The predicted molar refractivity (Wildman–Crippen MR) is 97.2 cm³/mol. The molecule has 0 saturated heterocycles. The third kappa shape index (κ3) is 2.47. The molecular formula is C20H20N2O3. The van der Waals surface area contributed by atoms with Gasteiger partial charge in [-0.3, -0.25) is 10.1 Å². The van der Waals surface area contributed by atoms with Gasteiger partial charge in [0.05, 0.1) is 23.6 Å². The minimum Gasteiger partial charge on any atom is -0.497 e. The van der Waals surface area contributed by atoms with Crippen molar-refractivity contribution in [2.45, 2.75) is 25.3 Å². The van der Waals surface area contributed by atoms with Crippen LogP contribution in [0, 0.1) is 23.0 Å². The molecule has 3 atom stereocenters. The summed E-state index contributed by atoms with van der Waals surface area (Å²) in [5, 5.41) is 14.9. The highest BCUT2D eigenvalue weighted by Crippen LogP contribution is 2.51. The van der Waals surface area contributed by atoms with Gasteiger partial charge in [0.15, 0.2) is 0 Å². The van der Waals surface area contributed by atoms with Crippen molar-refractivity contribution in [1.82, 2.24) is 0 Å². The topological polar surface area (TPSA) is 64.4 Å².